The van der Waals surface area contributed by atoms with Crippen molar-refractivity contribution in [3.05, 3.63) is 23.8 Å². The molecule has 0 amide bonds. The lowest BCUT2D eigenvalue weighted by Crippen LogP contribution is -2.46. The van der Waals surface area contributed by atoms with Gasteiger partial charge >= 0.3 is 5.97 Å². The molecule has 2 heterocycles. The van der Waals surface area contributed by atoms with Crippen LogP contribution in [-0.2, 0) is 11.3 Å². The Bertz CT molecular complexity index is 430. The Balaban J connectivity index is 2.03. The van der Waals surface area contributed by atoms with Crippen molar-refractivity contribution in [3.63, 3.8) is 0 Å². The van der Waals surface area contributed by atoms with Crippen LogP contribution in [-0.4, -0.2) is 39.8 Å². The quantitative estimate of drug-likeness (QED) is 0.824. The highest BCUT2D eigenvalue weighted by Gasteiger charge is 2.27. The Kier molecular flexibility index (Phi) is 3.88. The van der Waals surface area contributed by atoms with Crippen LogP contribution >= 0.6 is 0 Å². The standard InChI is InChI=1S/C12H17N3O3/c1-12(2-4-18-5-3-12)15-7-10-9(11(16)17)6-13-8-14-10/h6,8,15H,2-5,7H2,1H3,(H,16,17). The summed E-state index contributed by atoms with van der Waals surface area (Å²) in [6.07, 6.45) is 4.54. The number of carbonyl (C=O) groups is 1. The van der Waals surface area contributed by atoms with E-state index in [-0.39, 0.29) is 11.1 Å². The first kappa shape index (κ1) is 12.9. The van der Waals surface area contributed by atoms with E-state index >= 15 is 0 Å². The normalized spacial score (nSPS) is 18.5. The summed E-state index contributed by atoms with van der Waals surface area (Å²) < 4.78 is 5.32. The molecule has 1 aliphatic rings. The fraction of sp³-hybridized carbons (Fsp3) is 0.583. The van der Waals surface area contributed by atoms with Gasteiger partial charge in [0.1, 0.15) is 11.9 Å². The Morgan fingerprint density at radius 1 is 1.56 bits per heavy atom. The fourth-order valence-corrected chi connectivity index (χ4v) is 1.97. The van der Waals surface area contributed by atoms with Crippen molar-refractivity contribution in [2.75, 3.05) is 13.2 Å². The lowest BCUT2D eigenvalue weighted by molar-refractivity contribution is 0.0443. The maximum atomic E-state index is 11.0. The largest absolute Gasteiger partial charge is 0.478 e. The Morgan fingerprint density at radius 2 is 2.28 bits per heavy atom. The third kappa shape index (κ3) is 3.02. The maximum Gasteiger partial charge on any atom is 0.339 e. The van der Waals surface area contributed by atoms with E-state index in [4.69, 9.17) is 9.84 Å². The molecule has 1 aromatic heterocycles. The minimum absolute atomic E-state index is 0.0149. The molecule has 6 nitrogen and oxygen atoms in total. The predicted octanol–water partition coefficient (Wildman–Crippen LogP) is 0.833. The summed E-state index contributed by atoms with van der Waals surface area (Å²) in [5.41, 5.74) is 0.657. The number of carboxylic acid groups (broad SMARTS) is 1. The van der Waals surface area contributed by atoms with Gasteiger partial charge in [-0.3, -0.25) is 0 Å². The highest BCUT2D eigenvalue weighted by atomic mass is 16.5. The van der Waals surface area contributed by atoms with Crippen LogP contribution < -0.4 is 5.32 Å². The number of hydrogen-bond acceptors (Lipinski definition) is 5. The first-order valence-electron chi connectivity index (χ1n) is 5.96. The van der Waals surface area contributed by atoms with Crippen molar-refractivity contribution in [1.29, 1.82) is 0 Å². The maximum absolute atomic E-state index is 11.0. The van der Waals surface area contributed by atoms with E-state index in [1.165, 1.54) is 12.5 Å². The zero-order valence-electron chi connectivity index (χ0n) is 10.3. The molecule has 0 saturated carbocycles. The SMILES string of the molecule is CC1(NCc2ncncc2C(=O)O)CCOCC1. The van der Waals surface area contributed by atoms with Gasteiger partial charge in [-0.05, 0) is 19.8 Å². The van der Waals surface area contributed by atoms with Crippen molar-refractivity contribution in [3.8, 4) is 0 Å². The van der Waals surface area contributed by atoms with Crippen LogP contribution in [0.25, 0.3) is 0 Å². The number of nitrogens with zero attached hydrogens (tertiary/aromatic N) is 2. The number of carboxylic acids is 1. The van der Waals surface area contributed by atoms with Crippen LogP contribution in [0.5, 0.6) is 0 Å². The highest BCUT2D eigenvalue weighted by Crippen LogP contribution is 2.20. The molecule has 0 unspecified atom stereocenters. The Labute approximate surface area is 105 Å². The first-order valence-corrected chi connectivity index (χ1v) is 5.96. The molecular formula is C12H17N3O3. The van der Waals surface area contributed by atoms with Gasteiger partial charge in [-0.25, -0.2) is 14.8 Å². The molecule has 1 aromatic rings. The highest BCUT2D eigenvalue weighted by molar-refractivity contribution is 5.88. The zero-order valence-corrected chi connectivity index (χ0v) is 10.3. The molecule has 2 rings (SSSR count). The molecule has 98 valence electrons. The molecule has 1 aliphatic heterocycles. The lowest BCUT2D eigenvalue weighted by Gasteiger charge is -2.34. The average molecular weight is 251 g/mol. The lowest BCUT2D eigenvalue weighted by atomic mass is 9.92. The summed E-state index contributed by atoms with van der Waals surface area (Å²) in [6.45, 7) is 4.02. The number of aromatic carboxylic acids is 1. The number of aromatic nitrogens is 2. The summed E-state index contributed by atoms with van der Waals surface area (Å²) in [4.78, 5) is 18.8. The van der Waals surface area contributed by atoms with Crippen LogP contribution in [0.1, 0.15) is 35.8 Å². The van der Waals surface area contributed by atoms with Gasteiger partial charge in [0.2, 0.25) is 0 Å². The van der Waals surface area contributed by atoms with Crippen molar-refractivity contribution >= 4 is 5.97 Å². The molecule has 1 fully saturated rings. The van der Waals surface area contributed by atoms with E-state index in [9.17, 15) is 4.79 Å². The topological polar surface area (TPSA) is 84.3 Å². The second kappa shape index (κ2) is 5.41. The molecule has 2 N–H and O–H groups in total. The molecule has 1 saturated heterocycles. The van der Waals surface area contributed by atoms with Crippen molar-refractivity contribution in [2.24, 2.45) is 0 Å². The van der Waals surface area contributed by atoms with E-state index in [2.05, 4.69) is 22.2 Å². The molecule has 0 radical (unpaired) electrons. The summed E-state index contributed by atoms with van der Waals surface area (Å²) in [5, 5.41) is 12.4. The van der Waals surface area contributed by atoms with E-state index in [1.54, 1.807) is 0 Å². The molecule has 0 aliphatic carbocycles. The van der Waals surface area contributed by atoms with Gasteiger partial charge in [0, 0.05) is 31.5 Å². The smallest absolute Gasteiger partial charge is 0.339 e. The van der Waals surface area contributed by atoms with Crippen LogP contribution in [0.15, 0.2) is 12.5 Å². The minimum Gasteiger partial charge on any atom is -0.478 e. The van der Waals surface area contributed by atoms with E-state index in [0.29, 0.717) is 12.2 Å². The van der Waals surface area contributed by atoms with Gasteiger partial charge < -0.3 is 15.2 Å². The Morgan fingerprint density at radius 3 is 2.94 bits per heavy atom. The average Bonchev–Trinajstić information content (AvgIpc) is 2.38. The minimum atomic E-state index is -0.996. The summed E-state index contributed by atoms with van der Waals surface area (Å²) in [6, 6.07) is 0. The molecule has 0 spiro atoms. The van der Waals surface area contributed by atoms with Gasteiger partial charge in [0.25, 0.3) is 0 Å². The molecule has 0 aromatic carbocycles. The van der Waals surface area contributed by atoms with Crippen molar-refractivity contribution in [1.82, 2.24) is 15.3 Å². The summed E-state index contributed by atoms with van der Waals surface area (Å²) >= 11 is 0. The second-order valence-electron chi connectivity index (χ2n) is 4.71. The third-order valence-corrected chi connectivity index (χ3v) is 3.30. The van der Waals surface area contributed by atoms with Crippen LogP contribution in [0, 0.1) is 0 Å². The monoisotopic (exact) mass is 251 g/mol. The van der Waals surface area contributed by atoms with Crippen molar-refractivity contribution in [2.45, 2.75) is 31.8 Å². The molecule has 0 bridgehead atoms. The van der Waals surface area contributed by atoms with Gasteiger partial charge in [-0.2, -0.15) is 0 Å². The van der Waals surface area contributed by atoms with Crippen LogP contribution in [0.3, 0.4) is 0 Å². The van der Waals surface area contributed by atoms with Gasteiger partial charge in [0.15, 0.2) is 0 Å². The van der Waals surface area contributed by atoms with E-state index < -0.39 is 5.97 Å². The molecule has 18 heavy (non-hydrogen) atoms. The molecule has 0 atom stereocenters. The number of nitrogens with one attached hydrogen (secondary N) is 1. The molecule has 6 heteroatoms. The van der Waals surface area contributed by atoms with Crippen LogP contribution in [0.4, 0.5) is 0 Å². The van der Waals surface area contributed by atoms with Crippen molar-refractivity contribution < 1.29 is 14.6 Å². The summed E-state index contributed by atoms with van der Waals surface area (Å²) in [7, 11) is 0. The third-order valence-electron chi connectivity index (χ3n) is 3.30. The number of ether oxygens (including phenoxy) is 1. The van der Waals surface area contributed by atoms with E-state index in [1.807, 2.05) is 0 Å². The second-order valence-corrected chi connectivity index (χ2v) is 4.71. The molecular weight excluding hydrogens is 234 g/mol. The summed E-state index contributed by atoms with van der Waals surface area (Å²) in [5.74, 6) is -0.996. The number of rotatable bonds is 4. The number of hydrogen-bond donors (Lipinski definition) is 2. The van der Waals surface area contributed by atoms with E-state index in [0.717, 1.165) is 26.1 Å². The van der Waals surface area contributed by atoms with Gasteiger partial charge in [-0.15, -0.1) is 0 Å². The van der Waals surface area contributed by atoms with Gasteiger partial charge in [0.05, 0.1) is 5.69 Å². The fourth-order valence-electron chi connectivity index (χ4n) is 1.97. The first-order chi connectivity index (χ1) is 8.61. The zero-order chi connectivity index (χ0) is 13.0. The van der Waals surface area contributed by atoms with Crippen LogP contribution in [0.2, 0.25) is 0 Å². The predicted molar refractivity (Wildman–Crippen MR) is 64.3 cm³/mol. The Hall–Kier alpha value is -1.53. The van der Waals surface area contributed by atoms with Gasteiger partial charge in [-0.1, -0.05) is 0 Å².